The second-order valence-corrected chi connectivity index (χ2v) is 5.46. The van der Waals surface area contributed by atoms with Crippen molar-refractivity contribution in [2.75, 3.05) is 32.9 Å². The molecule has 2 rings (SSSR count). The lowest BCUT2D eigenvalue weighted by molar-refractivity contribution is -0.143. The molecule has 0 bridgehead atoms. The van der Waals surface area contributed by atoms with Gasteiger partial charge in [-0.1, -0.05) is 0 Å². The first-order valence-electron chi connectivity index (χ1n) is 6.31. The van der Waals surface area contributed by atoms with E-state index in [1.165, 1.54) is 0 Å². The summed E-state index contributed by atoms with van der Waals surface area (Å²) in [5, 5.41) is 9.08. The zero-order valence-electron chi connectivity index (χ0n) is 10.4. The van der Waals surface area contributed by atoms with Crippen LogP contribution in [0, 0.1) is 11.3 Å². The van der Waals surface area contributed by atoms with E-state index in [0.717, 1.165) is 25.9 Å². The number of rotatable bonds is 2. The largest absolute Gasteiger partial charge is 0.396 e. The van der Waals surface area contributed by atoms with Gasteiger partial charge in [0.1, 0.15) is 0 Å². The van der Waals surface area contributed by atoms with Gasteiger partial charge in [0, 0.05) is 25.7 Å². The fourth-order valence-corrected chi connectivity index (χ4v) is 2.59. The minimum atomic E-state index is -0.563. The van der Waals surface area contributed by atoms with Crippen LogP contribution in [0.3, 0.4) is 0 Å². The summed E-state index contributed by atoms with van der Waals surface area (Å²) in [5.41, 5.74) is 5.40. The Labute approximate surface area is 102 Å². The Morgan fingerprint density at radius 1 is 1.53 bits per heavy atom. The van der Waals surface area contributed by atoms with Crippen LogP contribution in [0.15, 0.2) is 0 Å². The number of carbonyl (C=O) groups excluding carboxylic acids is 1. The van der Waals surface area contributed by atoms with Crippen LogP contribution < -0.4 is 5.73 Å². The number of hydrogen-bond acceptors (Lipinski definition) is 4. The number of aliphatic hydroxyl groups is 1. The van der Waals surface area contributed by atoms with Gasteiger partial charge in [-0.3, -0.25) is 4.79 Å². The molecule has 0 aromatic carbocycles. The minimum absolute atomic E-state index is 0.110. The van der Waals surface area contributed by atoms with Crippen LogP contribution in [0.25, 0.3) is 0 Å². The summed E-state index contributed by atoms with van der Waals surface area (Å²) in [6.45, 7) is 4.47. The number of ether oxygens (including phenoxy) is 1. The molecular formula is C12H22N2O3. The number of nitrogens with zero attached hydrogens (tertiary/aromatic N) is 1. The number of aliphatic hydroxyl groups excluding tert-OH is 1. The topological polar surface area (TPSA) is 75.8 Å². The van der Waals surface area contributed by atoms with E-state index in [9.17, 15) is 4.79 Å². The molecule has 0 spiro atoms. The Balaban J connectivity index is 1.97. The van der Waals surface area contributed by atoms with E-state index in [1.54, 1.807) is 0 Å². The number of nitrogens with two attached hydrogens (primary N) is 1. The summed E-state index contributed by atoms with van der Waals surface area (Å²) in [4.78, 5) is 14.3. The molecule has 3 N–H and O–H groups in total. The van der Waals surface area contributed by atoms with Crippen molar-refractivity contribution in [2.45, 2.75) is 25.8 Å². The van der Waals surface area contributed by atoms with Crippen LogP contribution in [0.1, 0.15) is 19.8 Å². The van der Waals surface area contributed by atoms with Crippen molar-refractivity contribution >= 4 is 5.91 Å². The molecule has 2 aliphatic rings. The number of likely N-dealkylation sites (tertiary alicyclic amines) is 1. The van der Waals surface area contributed by atoms with Crippen LogP contribution in [0.5, 0.6) is 0 Å². The highest BCUT2D eigenvalue weighted by Gasteiger charge is 2.46. The standard InChI is InChI=1S/C12H22N2O3/c1-12(8-17-7-10(12)13)11(16)14-4-2-9(6-15)3-5-14/h9-10,15H,2-8,13H2,1H3. The lowest BCUT2D eigenvalue weighted by atomic mass is 9.83. The smallest absolute Gasteiger partial charge is 0.232 e. The molecule has 0 aliphatic carbocycles. The van der Waals surface area contributed by atoms with E-state index in [0.29, 0.717) is 19.1 Å². The van der Waals surface area contributed by atoms with Gasteiger partial charge in [0.05, 0.1) is 18.6 Å². The first-order valence-corrected chi connectivity index (χ1v) is 6.31. The summed E-state index contributed by atoms with van der Waals surface area (Å²) < 4.78 is 5.31. The molecule has 0 aromatic heterocycles. The molecule has 98 valence electrons. The molecule has 0 saturated carbocycles. The number of hydrogen-bond donors (Lipinski definition) is 2. The zero-order chi connectivity index (χ0) is 12.5. The summed E-state index contributed by atoms with van der Waals surface area (Å²) in [7, 11) is 0. The molecule has 0 radical (unpaired) electrons. The first kappa shape index (κ1) is 12.8. The Morgan fingerprint density at radius 3 is 2.65 bits per heavy atom. The highest BCUT2D eigenvalue weighted by Crippen LogP contribution is 2.31. The van der Waals surface area contributed by atoms with Gasteiger partial charge in [-0.25, -0.2) is 0 Å². The predicted molar refractivity (Wildman–Crippen MR) is 63.3 cm³/mol. The van der Waals surface area contributed by atoms with E-state index in [4.69, 9.17) is 15.6 Å². The number of amides is 1. The quantitative estimate of drug-likeness (QED) is 0.689. The minimum Gasteiger partial charge on any atom is -0.396 e. The van der Waals surface area contributed by atoms with Gasteiger partial charge in [-0.05, 0) is 25.7 Å². The van der Waals surface area contributed by atoms with Crippen molar-refractivity contribution in [3.63, 3.8) is 0 Å². The van der Waals surface area contributed by atoms with Crippen molar-refractivity contribution in [3.05, 3.63) is 0 Å². The highest BCUT2D eigenvalue weighted by molar-refractivity contribution is 5.83. The van der Waals surface area contributed by atoms with Gasteiger partial charge in [0.25, 0.3) is 0 Å². The van der Waals surface area contributed by atoms with Gasteiger partial charge >= 0.3 is 0 Å². The SMILES string of the molecule is CC1(C(=O)N2CCC(CO)CC2)COCC1N. The Kier molecular flexibility index (Phi) is 3.70. The van der Waals surface area contributed by atoms with Crippen LogP contribution in [0.2, 0.25) is 0 Å². The fraction of sp³-hybridized carbons (Fsp3) is 0.917. The molecule has 5 heteroatoms. The second-order valence-electron chi connectivity index (χ2n) is 5.46. The molecule has 17 heavy (non-hydrogen) atoms. The highest BCUT2D eigenvalue weighted by atomic mass is 16.5. The van der Waals surface area contributed by atoms with Crippen LogP contribution in [-0.4, -0.2) is 54.9 Å². The molecule has 2 saturated heterocycles. The van der Waals surface area contributed by atoms with Gasteiger partial charge in [-0.2, -0.15) is 0 Å². The summed E-state index contributed by atoms with van der Waals surface area (Å²) in [6, 6.07) is -0.203. The average Bonchev–Trinajstić information content (AvgIpc) is 2.70. The third-order valence-corrected chi connectivity index (χ3v) is 4.17. The van der Waals surface area contributed by atoms with E-state index in [1.807, 2.05) is 11.8 Å². The molecule has 2 heterocycles. The van der Waals surface area contributed by atoms with Gasteiger partial charge < -0.3 is 20.5 Å². The monoisotopic (exact) mass is 242 g/mol. The maximum atomic E-state index is 12.4. The van der Waals surface area contributed by atoms with Crippen molar-refractivity contribution in [1.82, 2.24) is 4.90 Å². The van der Waals surface area contributed by atoms with Crippen molar-refractivity contribution in [3.8, 4) is 0 Å². The average molecular weight is 242 g/mol. The third-order valence-electron chi connectivity index (χ3n) is 4.17. The van der Waals surface area contributed by atoms with E-state index in [-0.39, 0.29) is 18.6 Å². The van der Waals surface area contributed by atoms with E-state index in [2.05, 4.69) is 0 Å². The Morgan fingerprint density at radius 2 is 2.18 bits per heavy atom. The fourth-order valence-electron chi connectivity index (χ4n) is 2.59. The summed E-state index contributed by atoms with van der Waals surface area (Å²) >= 11 is 0. The zero-order valence-corrected chi connectivity index (χ0v) is 10.4. The van der Waals surface area contributed by atoms with Crippen LogP contribution in [0.4, 0.5) is 0 Å². The summed E-state index contributed by atoms with van der Waals surface area (Å²) in [6.07, 6.45) is 1.77. The molecular weight excluding hydrogens is 220 g/mol. The molecule has 2 atom stereocenters. The van der Waals surface area contributed by atoms with E-state index < -0.39 is 5.41 Å². The molecule has 2 fully saturated rings. The van der Waals surface area contributed by atoms with E-state index >= 15 is 0 Å². The Hall–Kier alpha value is -0.650. The number of piperidine rings is 1. The second kappa shape index (κ2) is 4.92. The van der Waals surface area contributed by atoms with Gasteiger partial charge in [-0.15, -0.1) is 0 Å². The Bertz CT molecular complexity index is 289. The normalized spacial score (nSPS) is 35.2. The number of carbonyl (C=O) groups is 1. The molecule has 1 amide bonds. The molecule has 0 aromatic rings. The summed E-state index contributed by atoms with van der Waals surface area (Å²) in [5.74, 6) is 0.458. The van der Waals surface area contributed by atoms with Crippen LogP contribution in [-0.2, 0) is 9.53 Å². The van der Waals surface area contributed by atoms with Crippen LogP contribution >= 0.6 is 0 Å². The van der Waals surface area contributed by atoms with Crippen molar-refractivity contribution in [1.29, 1.82) is 0 Å². The third kappa shape index (κ3) is 2.32. The van der Waals surface area contributed by atoms with Gasteiger partial charge in [0.2, 0.25) is 5.91 Å². The maximum absolute atomic E-state index is 12.4. The lowest BCUT2D eigenvalue weighted by Crippen LogP contribution is -2.53. The predicted octanol–water partition coefficient (Wildman–Crippen LogP) is -0.419. The van der Waals surface area contributed by atoms with Crippen molar-refractivity contribution < 1.29 is 14.6 Å². The molecule has 2 unspecified atom stereocenters. The molecule has 5 nitrogen and oxygen atoms in total. The molecule has 2 aliphatic heterocycles. The maximum Gasteiger partial charge on any atom is 0.232 e. The van der Waals surface area contributed by atoms with Gasteiger partial charge in [0.15, 0.2) is 0 Å². The van der Waals surface area contributed by atoms with Crippen molar-refractivity contribution in [2.24, 2.45) is 17.1 Å². The lowest BCUT2D eigenvalue weighted by Gasteiger charge is -2.37. The first-order chi connectivity index (χ1) is 8.08.